The largest absolute Gasteiger partial charge is 0.485 e. The van der Waals surface area contributed by atoms with Gasteiger partial charge in [0.2, 0.25) is 10.0 Å². The molecule has 4 atom stereocenters. The SMILES string of the molecule is COC(=O)COc1cccc2c1O[C@@H]1C[C@H](O)[C@@H](NS(=O)(=O)c3ccccc3)[C@H]21. The summed E-state index contributed by atoms with van der Waals surface area (Å²) in [5, 5.41) is 10.5. The minimum Gasteiger partial charge on any atom is -0.485 e. The third-order valence-corrected chi connectivity index (χ3v) is 6.71. The second kappa shape index (κ2) is 7.66. The van der Waals surface area contributed by atoms with E-state index in [0.29, 0.717) is 11.5 Å². The molecule has 0 radical (unpaired) electrons. The van der Waals surface area contributed by atoms with Gasteiger partial charge in [0, 0.05) is 17.9 Å². The Kier molecular flexibility index (Phi) is 5.20. The van der Waals surface area contributed by atoms with E-state index in [1.165, 1.54) is 19.2 Å². The molecule has 4 rings (SSSR count). The first kappa shape index (κ1) is 19.7. The maximum absolute atomic E-state index is 12.8. The highest BCUT2D eigenvalue weighted by molar-refractivity contribution is 7.89. The molecule has 1 heterocycles. The van der Waals surface area contributed by atoms with Crippen molar-refractivity contribution in [2.45, 2.75) is 35.5 Å². The summed E-state index contributed by atoms with van der Waals surface area (Å²) in [5.41, 5.74) is 0.731. The topological polar surface area (TPSA) is 111 Å². The number of carbonyl (C=O) groups is 1. The summed E-state index contributed by atoms with van der Waals surface area (Å²) >= 11 is 0. The third-order valence-electron chi connectivity index (χ3n) is 5.23. The van der Waals surface area contributed by atoms with Crippen LogP contribution in [0.5, 0.6) is 11.5 Å². The molecule has 1 saturated carbocycles. The van der Waals surface area contributed by atoms with Crippen LogP contribution in [-0.4, -0.2) is 51.5 Å². The van der Waals surface area contributed by atoms with Gasteiger partial charge >= 0.3 is 5.97 Å². The molecule has 1 aliphatic heterocycles. The van der Waals surface area contributed by atoms with Crippen molar-refractivity contribution in [3.05, 3.63) is 54.1 Å². The van der Waals surface area contributed by atoms with Crippen LogP contribution in [0, 0.1) is 0 Å². The normalized spacial score (nSPS) is 25.0. The lowest BCUT2D eigenvalue weighted by molar-refractivity contribution is -0.142. The van der Waals surface area contributed by atoms with Crippen LogP contribution >= 0.6 is 0 Å². The molecule has 2 aromatic carbocycles. The molecular weight excluding hydrogens is 398 g/mol. The lowest BCUT2D eigenvalue weighted by Crippen LogP contribution is -2.43. The lowest BCUT2D eigenvalue weighted by atomic mass is 9.94. The molecule has 8 nitrogen and oxygen atoms in total. The number of para-hydroxylation sites is 1. The number of hydrogen-bond donors (Lipinski definition) is 2. The number of benzene rings is 2. The van der Waals surface area contributed by atoms with Crippen molar-refractivity contribution in [2.75, 3.05) is 13.7 Å². The first-order valence-corrected chi connectivity index (χ1v) is 10.6. The molecule has 2 aliphatic rings. The fourth-order valence-electron chi connectivity index (χ4n) is 3.90. The van der Waals surface area contributed by atoms with Crippen LogP contribution in [0.25, 0.3) is 0 Å². The molecule has 0 spiro atoms. The molecule has 0 amide bonds. The zero-order chi connectivity index (χ0) is 20.6. The summed E-state index contributed by atoms with van der Waals surface area (Å²) in [7, 11) is -2.54. The lowest BCUT2D eigenvalue weighted by Gasteiger charge is -2.22. The van der Waals surface area contributed by atoms with E-state index in [1.54, 1.807) is 30.3 Å². The van der Waals surface area contributed by atoms with E-state index in [9.17, 15) is 18.3 Å². The van der Waals surface area contributed by atoms with Gasteiger partial charge in [0.1, 0.15) is 6.10 Å². The van der Waals surface area contributed by atoms with Crippen LogP contribution in [0.15, 0.2) is 53.4 Å². The Morgan fingerprint density at radius 2 is 1.97 bits per heavy atom. The summed E-state index contributed by atoms with van der Waals surface area (Å²) in [4.78, 5) is 11.5. The zero-order valence-corrected chi connectivity index (χ0v) is 16.5. The number of carbonyl (C=O) groups excluding carboxylic acids is 1. The number of sulfonamides is 1. The van der Waals surface area contributed by atoms with Crippen molar-refractivity contribution in [1.82, 2.24) is 4.72 Å². The van der Waals surface area contributed by atoms with Crippen LogP contribution in [0.2, 0.25) is 0 Å². The number of nitrogens with one attached hydrogen (secondary N) is 1. The molecular formula is C20H21NO7S. The fraction of sp³-hybridized carbons (Fsp3) is 0.350. The van der Waals surface area contributed by atoms with E-state index in [0.717, 1.165) is 5.56 Å². The average molecular weight is 419 g/mol. The van der Waals surface area contributed by atoms with Crippen molar-refractivity contribution < 1.29 is 32.5 Å². The van der Waals surface area contributed by atoms with Crippen LogP contribution in [0.4, 0.5) is 0 Å². The quantitative estimate of drug-likeness (QED) is 0.677. The van der Waals surface area contributed by atoms with Crippen molar-refractivity contribution in [3.63, 3.8) is 0 Å². The van der Waals surface area contributed by atoms with Gasteiger partial charge in [0.25, 0.3) is 0 Å². The Balaban J connectivity index is 1.61. The predicted molar refractivity (Wildman–Crippen MR) is 102 cm³/mol. The Bertz CT molecular complexity index is 1010. The molecule has 9 heteroatoms. The van der Waals surface area contributed by atoms with Gasteiger partial charge < -0.3 is 19.3 Å². The predicted octanol–water partition coefficient (Wildman–Crippen LogP) is 1.19. The summed E-state index contributed by atoms with van der Waals surface area (Å²) < 4.78 is 44.2. The summed E-state index contributed by atoms with van der Waals surface area (Å²) in [6, 6.07) is 12.5. The van der Waals surface area contributed by atoms with E-state index in [2.05, 4.69) is 9.46 Å². The maximum atomic E-state index is 12.8. The van der Waals surface area contributed by atoms with Crippen LogP contribution in [0.3, 0.4) is 0 Å². The highest BCUT2D eigenvalue weighted by atomic mass is 32.2. The highest BCUT2D eigenvalue weighted by Gasteiger charge is 2.51. The second-order valence-corrected chi connectivity index (χ2v) is 8.70. The van der Waals surface area contributed by atoms with Gasteiger partial charge in [0.15, 0.2) is 18.1 Å². The van der Waals surface area contributed by atoms with Gasteiger partial charge in [0.05, 0.1) is 24.2 Å². The number of aliphatic hydroxyl groups is 1. The minimum atomic E-state index is -3.81. The van der Waals surface area contributed by atoms with Gasteiger partial charge in [-0.25, -0.2) is 17.9 Å². The van der Waals surface area contributed by atoms with E-state index in [1.807, 2.05) is 6.07 Å². The Hall–Kier alpha value is -2.62. The average Bonchev–Trinajstić information content (AvgIpc) is 3.22. The highest BCUT2D eigenvalue weighted by Crippen LogP contribution is 2.51. The minimum absolute atomic E-state index is 0.130. The molecule has 2 aromatic rings. The van der Waals surface area contributed by atoms with E-state index in [4.69, 9.17) is 9.47 Å². The molecule has 2 N–H and O–H groups in total. The summed E-state index contributed by atoms with van der Waals surface area (Å²) in [5.74, 6) is -0.0615. The first-order chi connectivity index (χ1) is 13.9. The Morgan fingerprint density at radius 3 is 2.69 bits per heavy atom. The van der Waals surface area contributed by atoms with E-state index >= 15 is 0 Å². The van der Waals surface area contributed by atoms with Gasteiger partial charge in [-0.05, 0) is 18.2 Å². The standard InChI is InChI=1S/C20H21NO7S/c1-26-17(23)11-27-15-9-5-8-13-18-16(28-20(13)15)10-14(22)19(18)21-29(24,25)12-6-3-2-4-7-12/h2-9,14,16,18-19,21-22H,10-11H2,1H3/t14-,16+,18+,19+/m0/s1. The van der Waals surface area contributed by atoms with Crippen molar-refractivity contribution >= 4 is 16.0 Å². The summed E-state index contributed by atoms with van der Waals surface area (Å²) in [6.45, 7) is -0.266. The van der Waals surface area contributed by atoms with Crippen LogP contribution < -0.4 is 14.2 Å². The summed E-state index contributed by atoms with van der Waals surface area (Å²) in [6.07, 6.45) is -1.01. The molecule has 0 bridgehead atoms. The van der Waals surface area contributed by atoms with Crippen molar-refractivity contribution in [3.8, 4) is 11.5 Å². The third kappa shape index (κ3) is 3.68. The Labute approximate surface area is 168 Å². The molecule has 29 heavy (non-hydrogen) atoms. The maximum Gasteiger partial charge on any atom is 0.343 e. The number of ether oxygens (including phenoxy) is 3. The first-order valence-electron chi connectivity index (χ1n) is 9.15. The van der Waals surface area contributed by atoms with Crippen LogP contribution in [0.1, 0.15) is 17.9 Å². The number of aliphatic hydroxyl groups excluding tert-OH is 1. The molecule has 1 fully saturated rings. The molecule has 0 saturated heterocycles. The fourth-order valence-corrected chi connectivity index (χ4v) is 5.21. The zero-order valence-electron chi connectivity index (χ0n) is 15.6. The van der Waals surface area contributed by atoms with E-state index in [-0.39, 0.29) is 23.8 Å². The number of esters is 1. The molecule has 1 aliphatic carbocycles. The van der Waals surface area contributed by atoms with Gasteiger partial charge in [-0.15, -0.1) is 0 Å². The monoisotopic (exact) mass is 419 g/mol. The Morgan fingerprint density at radius 1 is 1.21 bits per heavy atom. The van der Waals surface area contributed by atoms with Crippen molar-refractivity contribution in [1.29, 1.82) is 0 Å². The number of fused-ring (bicyclic) bond motifs is 3. The van der Waals surface area contributed by atoms with Gasteiger partial charge in [-0.3, -0.25) is 0 Å². The molecule has 154 valence electrons. The van der Waals surface area contributed by atoms with Gasteiger partial charge in [-0.1, -0.05) is 30.3 Å². The van der Waals surface area contributed by atoms with Crippen LogP contribution in [-0.2, 0) is 19.6 Å². The number of rotatable bonds is 6. The second-order valence-electron chi connectivity index (χ2n) is 6.98. The number of hydrogen-bond acceptors (Lipinski definition) is 7. The molecule has 0 aromatic heterocycles. The van der Waals surface area contributed by atoms with E-state index < -0.39 is 34.2 Å². The van der Waals surface area contributed by atoms with Crippen molar-refractivity contribution in [2.24, 2.45) is 0 Å². The van der Waals surface area contributed by atoms with Gasteiger partial charge in [-0.2, -0.15) is 0 Å². The molecule has 0 unspecified atom stereocenters. The number of methoxy groups -OCH3 is 1. The smallest absolute Gasteiger partial charge is 0.343 e.